The first-order chi connectivity index (χ1) is 12.2. The number of morpholine rings is 1. The van der Waals surface area contributed by atoms with Crippen molar-refractivity contribution in [2.45, 2.75) is 0 Å². The Bertz CT molecular complexity index is 819. The summed E-state index contributed by atoms with van der Waals surface area (Å²) in [6.45, 7) is 1.32. The molecule has 0 saturated carbocycles. The zero-order valence-electron chi connectivity index (χ0n) is 13.4. The van der Waals surface area contributed by atoms with Gasteiger partial charge in [0.05, 0.1) is 6.61 Å². The van der Waals surface area contributed by atoms with Gasteiger partial charge in [-0.25, -0.2) is 0 Å². The van der Waals surface area contributed by atoms with Crippen molar-refractivity contribution in [1.82, 2.24) is 0 Å². The minimum atomic E-state index is -0.242. The quantitative estimate of drug-likeness (QED) is 0.925. The summed E-state index contributed by atoms with van der Waals surface area (Å²) >= 11 is 0. The lowest BCUT2D eigenvalue weighted by Gasteiger charge is -2.26. The first-order valence-electron chi connectivity index (χ1n) is 7.90. The van der Waals surface area contributed by atoms with Crippen molar-refractivity contribution < 1.29 is 23.8 Å². The van der Waals surface area contributed by atoms with Crippen LogP contribution in [0, 0.1) is 0 Å². The summed E-state index contributed by atoms with van der Waals surface area (Å²) in [6, 6.07) is 12.2. The number of amides is 2. The Kier molecular flexibility index (Phi) is 3.99. The number of hydrogen-bond acceptors (Lipinski definition) is 5. The van der Waals surface area contributed by atoms with E-state index in [1.807, 2.05) is 0 Å². The summed E-state index contributed by atoms with van der Waals surface area (Å²) in [4.78, 5) is 25.9. The maximum atomic E-state index is 12.4. The van der Waals surface area contributed by atoms with Gasteiger partial charge in [0, 0.05) is 23.5 Å². The molecule has 2 amide bonds. The van der Waals surface area contributed by atoms with Gasteiger partial charge in [-0.05, 0) is 42.5 Å². The molecule has 0 radical (unpaired) electrons. The Morgan fingerprint density at radius 3 is 2.64 bits per heavy atom. The number of hydrogen-bond donors (Lipinski definition) is 1. The second kappa shape index (κ2) is 6.45. The lowest BCUT2D eigenvalue weighted by atomic mass is 10.1. The fourth-order valence-corrected chi connectivity index (χ4v) is 2.76. The van der Waals surface area contributed by atoms with Crippen molar-refractivity contribution in [3.8, 4) is 11.5 Å². The Morgan fingerprint density at radius 2 is 1.84 bits per heavy atom. The molecule has 4 rings (SSSR count). The molecule has 2 aliphatic rings. The van der Waals surface area contributed by atoms with E-state index in [2.05, 4.69) is 5.32 Å². The minimum absolute atomic E-state index is 0.0663. The smallest absolute Gasteiger partial charge is 0.255 e. The second-order valence-electron chi connectivity index (χ2n) is 5.67. The van der Waals surface area contributed by atoms with E-state index in [0.29, 0.717) is 35.9 Å². The number of nitrogens with one attached hydrogen (secondary N) is 1. The number of benzene rings is 2. The van der Waals surface area contributed by atoms with Gasteiger partial charge in [0.2, 0.25) is 6.79 Å². The molecule has 1 N–H and O–H groups in total. The first-order valence-corrected chi connectivity index (χ1v) is 7.90. The summed E-state index contributed by atoms with van der Waals surface area (Å²) in [5, 5.41) is 2.83. The summed E-state index contributed by atoms with van der Waals surface area (Å²) < 4.78 is 15.6. The SMILES string of the molecule is O=C(Nc1ccc(N2CCOCC2=O)cc1)c1ccc2c(c1)OCO2. The largest absolute Gasteiger partial charge is 0.454 e. The second-order valence-corrected chi connectivity index (χ2v) is 5.67. The number of anilines is 2. The van der Waals surface area contributed by atoms with Gasteiger partial charge in [0.1, 0.15) is 6.61 Å². The topological polar surface area (TPSA) is 77.1 Å². The van der Waals surface area contributed by atoms with Gasteiger partial charge < -0.3 is 24.4 Å². The van der Waals surface area contributed by atoms with Crippen LogP contribution < -0.4 is 19.7 Å². The Hall–Kier alpha value is -3.06. The molecule has 2 aliphatic heterocycles. The predicted molar refractivity (Wildman–Crippen MR) is 90.1 cm³/mol. The van der Waals surface area contributed by atoms with Crippen LogP contribution >= 0.6 is 0 Å². The normalized spacial score (nSPS) is 16.0. The maximum absolute atomic E-state index is 12.4. The molecule has 0 unspecified atom stereocenters. The zero-order valence-corrected chi connectivity index (χ0v) is 13.4. The van der Waals surface area contributed by atoms with Crippen molar-refractivity contribution >= 4 is 23.2 Å². The summed E-state index contributed by atoms with van der Waals surface area (Å²) in [7, 11) is 0. The highest BCUT2D eigenvalue weighted by Gasteiger charge is 2.20. The van der Waals surface area contributed by atoms with Crippen LogP contribution in [-0.4, -0.2) is 38.4 Å². The third-order valence-electron chi connectivity index (χ3n) is 4.06. The Morgan fingerprint density at radius 1 is 1.04 bits per heavy atom. The lowest BCUT2D eigenvalue weighted by molar-refractivity contribution is -0.125. The van der Waals surface area contributed by atoms with Crippen LogP contribution in [0.15, 0.2) is 42.5 Å². The van der Waals surface area contributed by atoms with E-state index in [1.54, 1.807) is 47.4 Å². The van der Waals surface area contributed by atoms with Crippen LogP contribution in [0.5, 0.6) is 11.5 Å². The average Bonchev–Trinajstić information content (AvgIpc) is 3.10. The van der Waals surface area contributed by atoms with Crippen LogP contribution in [0.2, 0.25) is 0 Å². The highest BCUT2D eigenvalue weighted by Crippen LogP contribution is 2.32. The van der Waals surface area contributed by atoms with Gasteiger partial charge in [0.25, 0.3) is 11.8 Å². The lowest BCUT2D eigenvalue weighted by Crippen LogP contribution is -2.41. The van der Waals surface area contributed by atoms with Crippen LogP contribution in [0.1, 0.15) is 10.4 Å². The molecule has 0 aliphatic carbocycles. The van der Waals surface area contributed by atoms with Gasteiger partial charge in [-0.3, -0.25) is 9.59 Å². The van der Waals surface area contributed by atoms with Crippen LogP contribution in [0.25, 0.3) is 0 Å². The van der Waals surface area contributed by atoms with E-state index >= 15 is 0 Å². The van der Waals surface area contributed by atoms with Crippen molar-refractivity contribution in [2.24, 2.45) is 0 Å². The molecular weight excluding hydrogens is 324 g/mol. The zero-order chi connectivity index (χ0) is 17.2. The van der Waals surface area contributed by atoms with Gasteiger partial charge in [-0.1, -0.05) is 0 Å². The molecule has 1 fully saturated rings. The molecule has 0 bridgehead atoms. The third-order valence-corrected chi connectivity index (χ3v) is 4.06. The van der Waals surface area contributed by atoms with E-state index in [1.165, 1.54) is 0 Å². The van der Waals surface area contributed by atoms with Gasteiger partial charge in [-0.15, -0.1) is 0 Å². The van der Waals surface area contributed by atoms with E-state index < -0.39 is 0 Å². The van der Waals surface area contributed by atoms with Crippen molar-refractivity contribution in [3.63, 3.8) is 0 Å². The molecule has 2 heterocycles. The molecule has 128 valence electrons. The highest BCUT2D eigenvalue weighted by atomic mass is 16.7. The van der Waals surface area contributed by atoms with Crippen LogP contribution in [0.4, 0.5) is 11.4 Å². The fraction of sp³-hybridized carbons (Fsp3) is 0.222. The van der Waals surface area contributed by atoms with Gasteiger partial charge in [-0.2, -0.15) is 0 Å². The van der Waals surface area contributed by atoms with E-state index in [9.17, 15) is 9.59 Å². The number of fused-ring (bicyclic) bond motifs is 1. The Labute approximate surface area is 144 Å². The van der Waals surface area contributed by atoms with Crippen LogP contribution in [0.3, 0.4) is 0 Å². The molecule has 7 heteroatoms. The molecule has 2 aromatic carbocycles. The standard InChI is InChI=1S/C18H16N2O5/c21-17-10-23-8-7-20(17)14-4-2-13(3-5-14)19-18(22)12-1-6-15-16(9-12)25-11-24-15/h1-6,9H,7-8,10-11H2,(H,19,22). The first kappa shape index (κ1) is 15.5. The number of carbonyl (C=O) groups is 2. The van der Waals surface area contributed by atoms with Crippen LogP contribution in [-0.2, 0) is 9.53 Å². The van der Waals surface area contributed by atoms with Gasteiger partial charge >= 0.3 is 0 Å². The predicted octanol–water partition coefficient (Wildman–Crippen LogP) is 2.03. The average molecular weight is 340 g/mol. The Balaban J connectivity index is 1.45. The van der Waals surface area contributed by atoms with Gasteiger partial charge in [0.15, 0.2) is 11.5 Å². The number of carbonyl (C=O) groups excluding carboxylic acids is 2. The highest BCUT2D eigenvalue weighted by molar-refractivity contribution is 6.05. The summed E-state index contributed by atoms with van der Waals surface area (Å²) in [6.07, 6.45) is 0. The molecule has 0 aromatic heterocycles. The summed E-state index contributed by atoms with van der Waals surface area (Å²) in [5.41, 5.74) is 1.91. The van der Waals surface area contributed by atoms with Crippen molar-refractivity contribution in [3.05, 3.63) is 48.0 Å². The van der Waals surface area contributed by atoms with Crippen molar-refractivity contribution in [1.29, 1.82) is 0 Å². The summed E-state index contributed by atoms with van der Waals surface area (Å²) in [5.74, 6) is 0.891. The number of nitrogens with zero attached hydrogens (tertiary/aromatic N) is 1. The third kappa shape index (κ3) is 3.14. The maximum Gasteiger partial charge on any atom is 0.255 e. The molecule has 0 atom stereocenters. The van der Waals surface area contributed by atoms with Crippen molar-refractivity contribution in [2.75, 3.05) is 36.8 Å². The minimum Gasteiger partial charge on any atom is -0.454 e. The molecule has 25 heavy (non-hydrogen) atoms. The molecule has 7 nitrogen and oxygen atoms in total. The fourth-order valence-electron chi connectivity index (χ4n) is 2.76. The molecule has 0 spiro atoms. The molecule has 1 saturated heterocycles. The monoisotopic (exact) mass is 340 g/mol. The molecular formula is C18H16N2O5. The van der Waals surface area contributed by atoms with E-state index in [0.717, 1.165) is 5.69 Å². The number of rotatable bonds is 3. The van der Waals surface area contributed by atoms with E-state index in [4.69, 9.17) is 14.2 Å². The van der Waals surface area contributed by atoms with E-state index in [-0.39, 0.29) is 25.2 Å². The molecule has 2 aromatic rings. The number of ether oxygens (including phenoxy) is 3.